The Kier molecular flexibility index (Phi) is 2.36. The van der Waals surface area contributed by atoms with Crippen LogP contribution in [0.15, 0.2) is 0 Å². The van der Waals surface area contributed by atoms with E-state index in [1.54, 1.807) is 0 Å². The van der Waals surface area contributed by atoms with Gasteiger partial charge < -0.3 is 0 Å². The summed E-state index contributed by atoms with van der Waals surface area (Å²) in [5.41, 5.74) is 2.29. The Morgan fingerprint density at radius 3 is 3.00 bits per heavy atom. The smallest absolute Gasteiger partial charge is 0.195 e. The third-order valence-electron chi connectivity index (χ3n) is 1.38. The van der Waals surface area contributed by atoms with Gasteiger partial charge in [-0.25, -0.2) is 9.82 Å². The molecule has 1 saturated heterocycles. The SMILES string of the molecule is FC1CCCCNN1F. The molecule has 1 rings (SSSR count). The van der Waals surface area contributed by atoms with Crippen LogP contribution in [0.25, 0.3) is 0 Å². The van der Waals surface area contributed by atoms with Crippen LogP contribution in [-0.2, 0) is 0 Å². The molecule has 0 aliphatic carbocycles. The zero-order valence-electron chi connectivity index (χ0n) is 5.11. The van der Waals surface area contributed by atoms with Gasteiger partial charge in [0.15, 0.2) is 6.30 Å². The quantitative estimate of drug-likeness (QED) is 0.397. The molecule has 54 valence electrons. The maximum Gasteiger partial charge on any atom is 0.195 e. The van der Waals surface area contributed by atoms with Crippen molar-refractivity contribution in [3.05, 3.63) is 0 Å². The van der Waals surface area contributed by atoms with Gasteiger partial charge in [-0.1, -0.05) is 0 Å². The van der Waals surface area contributed by atoms with Crippen LogP contribution in [0.1, 0.15) is 19.3 Å². The summed E-state index contributed by atoms with van der Waals surface area (Å²) < 4.78 is 24.5. The molecular formula is C5H10F2N2. The average molecular weight is 136 g/mol. The molecule has 1 aliphatic rings. The van der Waals surface area contributed by atoms with Crippen molar-refractivity contribution in [1.82, 2.24) is 10.7 Å². The number of hydrogen-bond acceptors (Lipinski definition) is 2. The summed E-state index contributed by atoms with van der Waals surface area (Å²) >= 11 is 0. The summed E-state index contributed by atoms with van der Waals surface area (Å²) in [5.74, 6) is 0. The highest BCUT2D eigenvalue weighted by Crippen LogP contribution is 2.11. The predicted molar refractivity (Wildman–Crippen MR) is 29.7 cm³/mol. The van der Waals surface area contributed by atoms with E-state index in [2.05, 4.69) is 5.43 Å². The fourth-order valence-electron chi connectivity index (χ4n) is 0.836. The van der Waals surface area contributed by atoms with Crippen LogP contribution in [0.2, 0.25) is 0 Å². The van der Waals surface area contributed by atoms with Gasteiger partial charge in [-0.05, 0) is 24.5 Å². The number of nitrogens with zero attached hydrogens (tertiary/aromatic N) is 1. The van der Waals surface area contributed by atoms with Gasteiger partial charge in [0.1, 0.15) is 0 Å². The number of nitrogens with one attached hydrogen (secondary N) is 1. The molecule has 0 aromatic carbocycles. The Morgan fingerprint density at radius 2 is 2.22 bits per heavy atom. The highest BCUT2D eigenvalue weighted by Gasteiger charge is 2.18. The van der Waals surface area contributed by atoms with E-state index in [9.17, 15) is 8.87 Å². The summed E-state index contributed by atoms with van der Waals surface area (Å²) in [6.45, 7) is 0.539. The monoisotopic (exact) mass is 136 g/mol. The summed E-state index contributed by atoms with van der Waals surface area (Å²) in [7, 11) is 0. The third-order valence-corrected chi connectivity index (χ3v) is 1.38. The molecule has 0 saturated carbocycles. The molecular weight excluding hydrogens is 126 g/mol. The lowest BCUT2D eigenvalue weighted by molar-refractivity contribution is -0.120. The van der Waals surface area contributed by atoms with E-state index in [1.165, 1.54) is 0 Å². The first-order valence-corrected chi connectivity index (χ1v) is 3.13. The Bertz CT molecular complexity index is 79.0. The number of rotatable bonds is 0. The zero-order valence-corrected chi connectivity index (χ0v) is 5.11. The highest BCUT2D eigenvalue weighted by atomic mass is 19.2. The van der Waals surface area contributed by atoms with Crippen LogP contribution in [0, 0.1) is 0 Å². The maximum atomic E-state index is 12.3. The second-order valence-corrected chi connectivity index (χ2v) is 2.15. The number of hydrogen-bond donors (Lipinski definition) is 1. The second kappa shape index (κ2) is 3.08. The largest absolute Gasteiger partial charge is 0.226 e. The molecule has 1 fully saturated rings. The molecule has 1 unspecified atom stereocenters. The molecule has 1 heterocycles. The molecule has 0 amide bonds. The van der Waals surface area contributed by atoms with E-state index in [0.29, 0.717) is 13.0 Å². The van der Waals surface area contributed by atoms with Crippen LogP contribution in [0.4, 0.5) is 8.87 Å². The van der Waals surface area contributed by atoms with Crippen LogP contribution < -0.4 is 5.43 Å². The fourth-order valence-corrected chi connectivity index (χ4v) is 0.836. The predicted octanol–water partition coefficient (Wildman–Crippen LogP) is 1.16. The van der Waals surface area contributed by atoms with Crippen molar-refractivity contribution in [2.45, 2.75) is 25.6 Å². The minimum atomic E-state index is -1.45. The van der Waals surface area contributed by atoms with Gasteiger partial charge in [0, 0.05) is 6.54 Å². The Labute approximate surface area is 52.7 Å². The van der Waals surface area contributed by atoms with Crippen molar-refractivity contribution in [2.75, 3.05) is 6.54 Å². The molecule has 0 radical (unpaired) electrons. The van der Waals surface area contributed by atoms with Crippen molar-refractivity contribution >= 4 is 0 Å². The summed E-state index contributed by atoms with van der Waals surface area (Å²) in [6.07, 6.45) is 0.450. The van der Waals surface area contributed by atoms with Crippen LogP contribution in [0.3, 0.4) is 0 Å². The molecule has 2 nitrogen and oxygen atoms in total. The van der Waals surface area contributed by atoms with Crippen LogP contribution in [0.5, 0.6) is 0 Å². The van der Waals surface area contributed by atoms with E-state index in [1.807, 2.05) is 0 Å². The Hall–Kier alpha value is -0.220. The van der Waals surface area contributed by atoms with Crippen LogP contribution in [-0.4, -0.2) is 18.1 Å². The maximum absolute atomic E-state index is 12.3. The molecule has 0 bridgehead atoms. The van der Waals surface area contributed by atoms with E-state index in [-0.39, 0.29) is 5.23 Å². The van der Waals surface area contributed by atoms with Crippen molar-refractivity contribution in [1.29, 1.82) is 0 Å². The molecule has 9 heavy (non-hydrogen) atoms. The lowest BCUT2D eigenvalue weighted by Crippen LogP contribution is -2.35. The number of hydrazine groups is 1. The zero-order chi connectivity index (χ0) is 6.69. The third kappa shape index (κ3) is 1.87. The van der Waals surface area contributed by atoms with Gasteiger partial charge in [-0.3, -0.25) is 0 Å². The first kappa shape index (κ1) is 6.89. The van der Waals surface area contributed by atoms with Gasteiger partial charge >= 0.3 is 0 Å². The summed E-state index contributed by atoms with van der Waals surface area (Å²) in [4.78, 5) is 0. The van der Waals surface area contributed by atoms with E-state index in [4.69, 9.17) is 0 Å². The summed E-state index contributed by atoms with van der Waals surface area (Å²) in [6, 6.07) is 0. The van der Waals surface area contributed by atoms with Crippen LogP contribution >= 0.6 is 0 Å². The Balaban J connectivity index is 2.32. The first-order valence-electron chi connectivity index (χ1n) is 3.13. The van der Waals surface area contributed by atoms with Gasteiger partial charge in [0.2, 0.25) is 0 Å². The van der Waals surface area contributed by atoms with Crippen molar-refractivity contribution < 1.29 is 8.87 Å². The number of alkyl halides is 1. The number of halogens is 2. The van der Waals surface area contributed by atoms with Gasteiger partial charge in [-0.2, -0.15) is 0 Å². The standard InChI is InChI=1S/C5H10F2N2/c6-5-3-1-2-4-8-9(5)7/h5,8H,1-4H2. The first-order chi connectivity index (χ1) is 4.30. The lowest BCUT2D eigenvalue weighted by Gasteiger charge is -2.11. The topological polar surface area (TPSA) is 15.3 Å². The van der Waals surface area contributed by atoms with Gasteiger partial charge in [0.05, 0.1) is 0 Å². The average Bonchev–Trinajstić information content (AvgIpc) is 1.99. The molecule has 4 heteroatoms. The molecule has 1 atom stereocenters. The highest BCUT2D eigenvalue weighted by molar-refractivity contribution is 4.56. The van der Waals surface area contributed by atoms with Crippen molar-refractivity contribution in [2.24, 2.45) is 0 Å². The van der Waals surface area contributed by atoms with Gasteiger partial charge in [0.25, 0.3) is 0 Å². The second-order valence-electron chi connectivity index (χ2n) is 2.15. The van der Waals surface area contributed by atoms with Crippen molar-refractivity contribution in [3.8, 4) is 0 Å². The Morgan fingerprint density at radius 1 is 1.44 bits per heavy atom. The molecule has 0 aromatic rings. The molecule has 0 spiro atoms. The molecule has 0 aromatic heterocycles. The van der Waals surface area contributed by atoms with E-state index in [0.717, 1.165) is 12.8 Å². The van der Waals surface area contributed by atoms with E-state index < -0.39 is 6.30 Å². The minimum Gasteiger partial charge on any atom is -0.226 e. The summed E-state index contributed by atoms with van der Waals surface area (Å²) in [5, 5.41) is 0.0486. The molecule has 1 aliphatic heterocycles. The molecule has 1 N–H and O–H groups in total. The minimum absolute atomic E-state index is 0.0486. The lowest BCUT2D eigenvalue weighted by atomic mass is 10.2. The van der Waals surface area contributed by atoms with Crippen molar-refractivity contribution in [3.63, 3.8) is 0 Å². The fraction of sp³-hybridized carbons (Fsp3) is 1.00. The normalized spacial score (nSPS) is 32.0. The van der Waals surface area contributed by atoms with Gasteiger partial charge in [-0.15, -0.1) is 4.48 Å². The van der Waals surface area contributed by atoms with E-state index >= 15 is 0 Å².